The fourth-order valence-corrected chi connectivity index (χ4v) is 2.52. The maximum absolute atomic E-state index is 10.2. The summed E-state index contributed by atoms with van der Waals surface area (Å²) in [7, 11) is 1.42. The molecule has 1 aliphatic heterocycles. The second-order valence-corrected chi connectivity index (χ2v) is 4.88. The third-order valence-electron chi connectivity index (χ3n) is 3.58. The van der Waals surface area contributed by atoms with Crippen molar-refractivity contribution in [2.45, 2.75) is 24.5 Å². The number of nitrogens with zero attached hydrogens (tertiary/aromatic N) is 4. The van der Waals surface area contributed by atoms with Crippen molar-refractivity contribution in [2.75, 3.05) is 19.2 Å². The third kappa shape index (κ3) is 2.40. The quantitative estimate of drug-likeness (QED) is 0.387. The van der Waals surface area contributed by atoms with E-state index >= 15 is 0 Å². The molecule has 1 saturated heterocycles. The molecule has 4 atom stereocenters. The number of rotatable bonds is 4. The Morgan fingerprint density at radius 2 is 2.22 bits per heavy atom. The lowest BCUT2D eigenvalue weighted by Crippen LogP contribution is -2.33. The van der Waals surface area contributed by atoms with Crippen molar-refractivity contribution in [1.29, 1.82) is 0 Å². The van der Waals surface area contributed by atoms with Crippen molar-refractivity contribution in [3.63, 3.8) is 0 Å². The molecule has 0 aliphatic carbocycles. The van der Waals surface area contributed by atoms with Crippen LogP contribution in [0, 0.1) is 12.3 Å². The summed E-state index contributed by atoms with van der Waals surface area (Å²) in [6.45, 7) is -0.446. The molecule has 0 amide bonds. The summed E-state index contributed by atoms with van der Waals surface area (Å²) < 4.78 is 6.87. The SMILES string of the molecule is C#Cc1nc2c(NOC)ncnc2n1[C@@H]1O[C@H](CO)[C@@H](O)[C@H]1O. The van der Waals surface area contributed by atoms with E-state index in [1.807, 2.05) is 0 Å². The maximum atomic E-state index is 10.2. The fraction of sp³-hybridized carbons (Fsp3) is 0.462. The number of hydrogen-bond acceptors (Lipinski definition) is 9. The van der Waals surface area contributed by atoms with E-state index in [1.54, 1.807) is 0 Å². The first-order valence-corrected chi connectivity index (χ1v) is 6.73. The van der Waals surface area contributed by atoms with Crippen molar-refractivity contribution < 1.29 is 24.9 Å². The number of aliphatic hydroxyl groups excluding tert-OH is 3. The Bertz CT molecular complexity index is 757. The van der Waals surface area contributed by atoms with Crippen LogP contribution in [0.15, 0.2) is 6.33 Å². The summed E-state index contributed by atoms with van der Waals surface area (Å²) in [4.78, 5) is 17.2. The van der Waals surface area contributed by atoms with Crippen molar-refractivity contribution >= 4 is 17.0 Å². The van der Waals surface area contributed by atoms with Gasteiger partial charge in [0.05, 0.1) is 13.7 Å². The summed E-state index contributed by atoms with van der Waals surface area (Å²) >= 11 is 0. The van der Waals surface area contributed by atoms with Crippen molar-refractivity contribution in [3.05, 3.63) is 12.2 Å². The van der Waals surface area contributed by atoms with E-state index in [9.17, 15) is 15.3 Å². The van der Waals surface area contributed by atoms with Gasteiger partial charge in [-0.05, 0) is 5.92 Å². The molecule has 0 unspecified atom stereocenters. The van der Waals surface area contributed by atoms with E-state index in [0.29, 0.717) is 17.0 Å². The molecule has 0 bridgehead atoms. The number of ether oxygens (including phenoxy) is 1. The Morgan fingerprint density at radius 1 is 1.43 bits per heavy atom. The van der Waals surface area contributed by atoms with Crippen LogP contribution in [0.2, 0.25) is 0 Å². The molecule has 0 saturated carbocycles. The minimum atomic E-state index is -1.30. The van der Waals surface area contributed by atoms with Crippen LogP contribution < -0.4 is 5.48 Å². The number of aromatic nitrogens is 4. The van der Waals surface area contributed by atoms with Gasteiger partial charge in [-0.2, -0.15) is 0 Å². The Morgan fingerprint density at radius 3 is 2.83 bits per heavy atom. The van der Waals surface area contributed by atoms with E-state index < -0.39 is 31.1 Å². The fourth-order valence-electron chi connectivity index (χ4n) is 2.52. The normalized spacial score (nSPS) is 27.3. The first kappa shape index (κ1) is 15.6. The molecule has 1 fully saturated rings. The van der Waals surface area contributed by atoms with Gasteiger partial charge in [-0.25, -0.2) is 20.4 Å². The number of anilines is 1. The van der Waals surface area contributed by atoms with Gasteiger partial charge in [-0.3, -0.25) is 9.40 Å². The summed E-state index contributed by atoms with van der Waals surface area (Å²) in [5, 5.41) is 29.3. The molecule has 0 aromatic carbocycles. The van der Waals surface area contributed by atoms with Gasteiger partial charge in [-0.1, -0.05) is 0 Å². The second kappa shape index (κ2) is 6.07. The number of imidazole rings is 1. The predicted molar refractivity (Wildman–Crippen MR) is 76.9 cm³/mol. The molecule has 0 spiro atoms. The largest absolute Gasteiger partial charge is 0.394 e. The monoisotopic (exact) mass is 321 g/mol. The van der Waals surface area contributed by atoms with Gasteiger partial charge in [0.2, 0.25) is 0 Å². The van der Waals surface area contributed by atoms with Crippen LogP contribution in [0.25, 0.3) is 11.2 Å². The zero-order chi connectivity index (χ0) is 16.6. The number of terminal acetylenes is 1. The predicted octanol–water partition coefficient (Wildman–Crippen LogP) is -1.61. The second-order valence-electron chi connectivity index (χ2n) is 4.88. The van der Waals surface area contributed by atoms with Crippen LogP contribution in [0.4, 0.5) is 5.82 Å². The van der Waals surface area contributed by atoms with E-state index in [4.69, 9.17) is 16.0 Å². The molecule has 2 aromatic heterocycles. The summed E-state index contributed by atoms with van der Waals surface area (Å²) in [6.07, 6.45) is 2.21. The van der Waals surface area contributed by atoms with Crippen molar-refractivity contribution in [1.82, 2.24) is 19.5 Å². The van der Waals surface area contributed by atoms with E-state index in [0.717, 1.165) is 0 Å². The topological polar surface area (TPSA) is 135 Å². The Balaban J connectivity index is 2.14. The van der Waals surface area contributed by atoms with Crippen LogP contribution in [0.1, 0.15) is 12.1 Å². The van der Waals surface area contributed by atoms with Gasteiger partial charge in [0.15, 0.2) is 29.0 Å². The van der Waals surface area contributed by atoms with E-state index in [-0.39, 0.29) is 5.82 Å². The minimum absolute atomic E-state index is 0.134. The molecule has 1 aliphatic rings. The molecule has 10 heteroatoms. The lowest BCUT2D eigenvalue weighted by Gasteiger charge is -2.17. The van der Waals surface area contributed by atoms with Crippen LogP contribution in [0.3, 0.4) is 0 Å². The maximum Gasteiger partial charge on any atom is 0.189 e. The molecular formula is C13H15N5O5. The standard InChI is InChI=1S/C13H15N5O5/c1-3-7-16-8-11(17-22-2)14-5-15-12(8)18(7)13-10(21)9(20)6(4-19)23-13/h1,5-6,9-10,13,19-21H,4H2,2H3,(H,14,15,17)/t6-,9-,10-,13-/m1/s1. The number of nitrogens with one attached hydrogen (secondary N) is 1. The van der Waals surface area contributed by atoms with Crippen LogP contribution in [-0.2, 0) is 9.57 Å². The number of fused-ring (bicyclic) bond motifs is 1. The summed E-state index contributed by atoms with van der Waals surface area (Å²) in [5.74, 6) is 2.80. The lowest BCUT2D eigenvalue weighted by molar-refractivity contribution is -0.0514. The van der Waals surface area contributed by atoms with Crippen molar-refractivity contribution in [2.24, 2.45) is 0 Å². The zero-order valence-corrected chi connectivity index (χ0v) is 12.1. The van der Waals surface area contributed by atoms with Crippen LogP contribution in [-0.4, -0.2) is 66.9 Å². The lowest BCUT2D eigenvalue weighted by atomic mass is 10.1. The highest BCUT2D eigenvalue weighted by Crippen LogP contribution is 2.33. The highest BCUT2D eigenvalue weighted by Gasteiger charge is 2.44. The van der Waals surface area contributed by atoms with Gasteiger partial charge in [0, 0.05) is 0 Å². The van der Waals surface area contributed by atoms with E-state index in [2.05, 4.69) is 26.4 Å². The average molecular weight is 321 g/mol. The molecule has 2 aromatic rings. The number of hydrogen-bond donors (Lipinski definition) is 4. The van der Waals surface area contributed by atoms with Crippen LogP contribution >= 0.6 is 0 Å². The van der Waals surface area contributed by atoms with Crippen LogP contribution in [0.5, 0.6) is 0 Å². The molecule has 10 nitrogen and oxygen atoms in total. The first-order chi connectivity index (χ1) is 11.1. The Labute approximate surface area is 130 Å². The smallest absolute Gasteiger partial charge is 0.189 e. The molecule has 0 radical (unpaired) electrons. The van der Waals surface area contributed by atoms with Crippen molar-refractivity contribution in [3.8, 4) is 12.3 Å². The zero-order valence-electron chi connectivity index (χ0n) is 12.1. The van der Waals surface area contributed by atoms with E-state index in [1.165, 1.54) is 18.0 Å². The summed E-state index contributed by atoms with van der Waals surface area (Å²) in [5.41, 5.74) is 3.17. The highest BCUT2D eigenvalue weighted by molar-refractivity contribution is 5.83. The molecule has 4 N–H and O–H groups in total. The first-order valence-electron chi connectivity index (χ1n) is 6.73. The van der Waals surface area contributed by atoms with Gasteiger partial charge in [0.1, 0.15) is 24.6 Å². The van der Waals surface area contributed by atoms with Gasteiger partial charge >= 0.3 is 0 Å². The van der Waals surface area contributed by atoms with Gasteiger partial charge in [-0.15, -0.1) is 6.42 Å². The van der Waals surface area contributed by atoms with Gasteiger partial charge < -0.3 is 20.1 Å². The number of aliphatic hydroxyl groups is 3. The minimum Gasteiger partial charge on any atom is -0.394 e. The molecule has 23 heavy (non-hydrogen) atoms. The third-order valence-corrected chi connectivity index (χ3v) is 3.58. The molecule has 3 heterocycles. The molecular weight excluding hydrogens is 306 g/mol. The average Bonchev–Trinajstić information content (AvgIpc) is 3.07. The molecule has 3 rings (SSSR count). The Kier molecular flexibility index (Phi) is 4.12. The molecule has 122 valence electrons. The summed E-state index contributed by atoms with van der Waals surface area (Å²) in [6, 6.07) is 0. The van der Waals surface area contributed by atoms with Gasteiger partial charge in [0.25, 0.3) is 0 Å². The highest BCUT2D eigenvalue weighted by atomic mass is 16.6. The Hall–Kier alpha value is -2.29.